The largest absolute Gasteiger partial charge is 0.457 e. The Balaban J connectivity index is 0.00000280. The van der Waals surface area contributed by atoms with Crippen molar-refractivity contribution in [2.45, 2.75) is 27.3 Å². The lowest BCUT2D eigenvalue weighted by Gasteiger charge is -2.38. The monoisotopic (exact) mass is 495 g/mol. The Bertz CT molecular complexity index is 777. The van der Waals surface area contributed by atoms with Crippen LogP contribution in [0.2, 0.25) is 0 Å². The summed E-state index contributed by atoms with van der Waals surface area (Å²) in [5.41, 5.74) is 2.41. The lowest BCUT2D eigenvalue weighted by atomic mass is 9.89. The molecule has 2 aromatic carbocycles. The molecule has 2 aromatic rings. The van der Waals surface area contributed by atoms with Gasteiger partial charge in [0.1, 0.15) is 11.5 Å². The first kappa shape index (κ1) is 22.5. The van der Waals surface area contributed by atoms with Crippen molar-refractivity contribution >= 4 is 29.9 Å². The van der Waals surface area contributed by atoms with Gasteiger partial charge in [0, 0.05) is 24.1 Å². The third-order valence-corrected chi connectivity index (χ3v) is 4.53. The van der Waals surface area contributed by atoms with Gasteiger partial charge < -0.3 is 20.1 Å². The van der Waals surface area contributed by atoms with Gasteiger partial charge in [-0.05, 0) is 37.6 Å². The van der Waals surface area contributed by atoms with Crippen LogP contribution >= 0.6 is 24.0 Å². The molecule has 6 heteroatoms. The summed E-state index contributed by atoms with van der Waals surface area (Å²) in [4.78, 5) is 4.75. The summed E-state index contributed by atoms with van der Waals surface area (Å²) in [6.07, 6.45) is 0. The summed E-state index contributed by atoms with van der Waals surface area (Å²) in [6.45, 7) is 10.2. The summed E-state index contributed by atoms with van der Waals surface area (Å²) < 4.78 is 11.4. The molecule has 2 N–H and O–H groups in total. The molecule has 0 unspecified atom stereocenters. The second-order valence-corrected chi connectivity index (χ2v) is 7.38. The zero-order valence-electron chi connectivity index (χ0n) is 16.8. The quantitative estimate of drug-likeness (QED) is 0.338. The number of guanidine groups is 1. The number of nitrogens with zero attached hydrogens (tertiary/aromatic N) is 1. The zero-order chi connectivity index (χ0) is 19.1. The Hall–Kier alpha value is -1.80. The predicted molar refractivity (Wildman–Crippen MR) is 125 cm³/mol. The maximum atomic E-state index is 6.10. The number of halogens is 1. The van der Waals surface area contributed by atoms with Crippen molar-refractivity contribution in [3.05, 3.63) is 59.7 Å². The summed E-state index contributed by atoms with van der Waals surface area (Å²) in [7, 11) is 0. The van der Waals surface area contributed by atoms with E-state index in [0.717, 1.165) is 54.9 Å². The number of nitrogens with one attached hydrogen (secondary N) is 2. The van der Waals surface area contributed by atoms with Crippen LogP contribution in [0.5, 0.6) is 11.5 Å². The zero-order valence-corrected chi connectivity index (χ0v) is 19.2. The van der Waals surface area contributed by atoms with Crippen molar-refractivity contribution in [3.8, 4) is 11.5 Å². The summed E-state index contributed by atoms with van der Waals surface area (Å²) in [5.74, 6) is 2.49. The molecule has 1 heterocycles. The van der Waals surface area contributed by atoms with Crippen LogP contribution in [-0.2, 0) is 11.3 Å². The van der Waals surface area contributed by atoms with Gasteiger partial charge in [0.05, 0.1) is 19.8 Å². The fraction of sp³-hybridized carbons (Fsp3) is 0.409. The minimum absolute atomic E-state index is 0. The number of rotatable bonds is 7. The van der Waals surface area contributed by atoms with E-state index in [1.807, 2.05) is 30.3 Å². The van der Waals surface area contributed by atoms with Gasteiger partial charge in [0.2, 0.25) is 0 Å². The van der Waals surface area contributed by atoms with E-state index < -0.39 is 0 Å². The first-order valence-corrected chi connectivity index (χ1v) is 9.50. The normalized spacial score (nSPS) is 15.2. The number of hydrogen-bond acceptors (Lipinski definition) is 3. The van der Waals surface area contributed by atoms with E-state index in [2.05, 4.69) is 49.6 Å². The standard InChI is InChI=1S/C22H29N3O2.HI/c1-4-23-21(25-14-22(3)15-26-16-22)24-13-18-11-10-17(2)12-20(18)27-19-8-6-5-7-9-19;/h5-12H,4,13-16H2,1-3H3,(H2,23,24,25);1H. The molecule has 5 nitrogen and oxygen atoms in total. The van der Waals surface area contributed by atoms with Crippen LogP contribution in [0.4, 0.5) is 0 Å². The van der Waals surface area contributed by atoms with Gasteiger partial charge in [-0.2, -0.15) is 0 Å². The van der Waals surface area contributed by atoms with Crippen molar-refractivity contribution in [1.29, 1.82) is 0 Å². The van der Waals surface area contributed by atoms with Crippen molar-refractivity contribution in [3.63, 3.8) is 0 Å². The van der Waals surface area contributed by atoms with E-state index in [-0.39, 0.29) is 29.4 Å². The van der Waals surface area contributed by atoms with Gasteiger partial charge >= 0.3 is 0 Å². The number of ether oxygens (including phenoxy) is 2. The van der Waals surface area contributed by atoms with E-state index in [1.54, 1.807) is 0 Å². The molecule has 0 saturated carbocycles. The molecule has 0 aliphatic carbocycles. The Morgan fingerprint density at radius 2 is 1.89 bits per heavy atom. The van der Waals surface area contributed by atoms with Crippen LogP contribution in [0.25, 0.3) is 0 Å². The highest BCUT2D eigenvalue weighted by Gasteiger charge is 2.33. The van der Waals surface area contributed by atoms with E-state index in [0.29, 0.717) is 6.54 Å². The van der Waals surface area contributed by atoms with Crippen LogP contribution in [0, 0.1) is 12.3 Å². The van der Waals surface area contributed by atoms with Crippen LogP contribution in [0.3, 0.4) is 0 Å². The highest BCUT2D eigenvalue weighted by Crippen LogP contribution is 2.27. The number of hydrogen-bond donors (Lipinski definition) is 2. The Morgan fingerprint density at radius 3 is 2.54 bits per heavy atom. The minimum Gasteiger partial charge on any atom is -0.457 e. The van der Waals surface area contributed by atoms with Gasteiger partial charge in [-0.15, -0.1) is 24.0 Å². The van der Waals surface area contributed by atoms with Crippen LogP contribution in [0.1, 0.15) is 25.0 Å². The average Bonchev–Trinajstić information content (AvgIpc) is 2.64. The molecule has 3 rings (SSSR count). The highest BCUT2D eigenvalue weighted by atomic mass is 127. The summed E-state index contributed by atoms with van der Waals surface area (Å²) >= 11 is 0. The molecule has 0 bridgehead atoms. The predicted octanol–water partition coefficient (Wildman–Crippen LogP) is 4.50. The van der Waals surface area contributed by atoms with Crippen LogP contribution < -0.4 is 15.4 Å². The van der Waals surface area contributed by atoms with Gasteiger partial charge in [0.25, 0.3) is 0 Å². The van der Waals surface area contributed by atoms with E-state index in [4.69, 9.17) is 14.5 Å². The molecule has 1 fully saturated rings. The topological polar surface area (TPSA) is 54.9 Å². The SMILES string of the molecule is CCNC(=NCc1ccc(C)cc1Oc1ccccc1)NCC1(C)COC1.I. The first-order valence-electron chi connectivity index (χ1n) is 9.50. The first-order chi connectivity index (χ1) is 13.1. The Kier molecular flexibility index (Phi) is 8.57. The molecule has 0 radical (unpaired) electrons. The van der Waals surface area contributed by atoms with Gasteiger partial charge in [0.15, 0.2) is 5.96 Å². The molecule has 1 aliphatic heterocycles. The van der Waals surface area contributed by atoms with Gasteiger partial charge in [-0.3, -0.25) is 0 Å². The van der Waals surface area contributed by atoms with Crippen LogP contribution in [-0.4, -0.2) is 32.3 Å². The summed E-state index contributed by atoms with van der Waals surface area (Å²) in [6, 6.07) is 16.1. The Labute approximate surface area is 184 Å². The smallest absolute Gasteiger partial charge is 0.191 e. The molecule has 1 aliphatic rings. The molecular formula is C22H30IN3O2. The molecule has 1 saturated heterocycles. The van der Waals surface area contributed by atoms with Crippen LogP contribution in [0.15, 0.2) is 53.5 Å². The third-order valence-electron chi connectivity index (χ3n) is 4.53. The molecule has 152 valence electrons. The lowest BCUT2D eigenvalue weighted by Crippen LogP contribution is -2.51. The van der Waals surface area contributed by atoms with Gasteiger partial charge in [-0.1, -0.05) is 37.3 Å². The van der Waals surface area contributed by atoms with Crippen molar-refractivity contribution in [2.75, 3.05) is 26.3 Å². The maximum absolute atomic E-state index is 6.10. The number of aliphatic imine (C=N–C) groups is 1. The van der Waals surface area contributed by atoms with E-state index >= 15 is 0 Å². The molecule has 0 atom stereocenters. The van der Waals surface area contributed by atoms with Crippen molar-refractivity contribution < 1.29 is 9.47 Å². The maximum Gasteiger partial charge on any atom is 0.191 e. The van der Waals surface area contributed by atoms with E-state index in [9.17, 15) is 0 Å². The molecular weight excluding hydrogens is 465 g/mol. The highest BCUT2D eigenvalue weighted by molar-refractivity contribution is 14.0. The fourth-order valence-corrected chi connectivity index (χ4v) is 2.86. The number of benzene rings is 2. The number of para-hydroxylation sites is 1. The van der Waals surface area contributed by atoms with Gasteiger partial charge in [-0.25, -0.2) is 4.99 Å². The fourth-order valence-electron chi connectivity index (χ4n) is 2.86. The Morgan fingerprint density at radius 1 is 1.14 bits per heavy atom. The molecule has 0 amide bonds. The molecule has 0 aromatic heterocycles. The second-order valence-electron chi connectivity index (χ2n) is 7.38. The van der Waals surface area contributed by atoms with E-state index in [1.165, 1.54) is 0 Å². The molecule has 28 heavy (non-hydrogen) atoms. The number of aryl methyl sites for hydroxylation is 1. The minimum atomic E-state index is 0. The van der Waals surface area contributed by atoms with Crippen molar-refractivity contribution in [2.24, 2.45) is 10.4 Å². The van der Waals surface area contributed by atoms with Crippen molar-refractivity contribution in [1.82, 2.24) is 10.6 Å². The molecule has 0 spiro atoms. The lowest BCUT2D eigenvalue weighted by molar-refractivity contribution is -0.0971. The average molecular weight is 495 g/mol. The third kappa shape index (κ3) is 6.38. The summed E-state index contributed by atoms with van der Waals surface area (Å²) in [5, 5.41) is 6.74. The second kappa shape index (κ2) is 10.7.